The first-order chi connectivity index (χ1) is 10.8. The first kappa shape index (κ1) is 13.6. The molecule has 3 heteroatoms. The van der Waals surface area contributed by atoms with E-state index in [2.05, 4.69) is 51.3 Å². The van der Waals surface area contributed by atoms with Gasteiger partial charge in [0.15, 0.2) is 0 Å². The quantitative estimate of drug-likeness (QED) is 0.865. The van der Waals surface area contributed by atoms with E-state index in [4.69, 9.17) is 0 Å². The third kappa shape index (κ3) is 2.57. The Morgan fingerprint density at radius 1 is 1.14 bits per heavy atom. The number of fused-ring (bicyclic) bond motifs is 2. The van der Waals surface area contributed by atoms with Crippen LogP contribution in [-0.2, 0) is 6.54 Å². The van der Waals surface area contributed by atoms with Gasteiger partial charge in [-0.2, -0.15) is 0 Å². The Hall–Kier alpha value is -2.00. The number of aryl methyl sites for hydroxylation is 1. The summed E-state index contributed by atoms with van der Waals surface area (Å²) in [6, 6.07) is 12.0. The number of benzene rings is 1. The second-order valence-corrected chi connectivity index (χ2v) is 6.40. The first-order valence-electron chi connectivity index (χ1n) is 8.09. The zero-order valence-electron chi connectivity index (χ0n) is 12.9. The van der Waals surface area contributed by atoms with Gasteiger partial charge in [-0.3, -0.25) is 14.9 Å². The zero-order valence-corrected chi connectivity index (χ0v) is 12.9. The Labute approximate surface area is 131 Å². The van der Waals surface area contributed by atoms with Crippen molar-refractivity contribution in [1.82, 2.24) is 14.9 Å². The second kappa shape index (κ2) is 5.65. The Bertz CT molecular complexity index is 693. The van der Waals surface area contributed by atoms with Gasteiger partial charge in [-0.1, -0.05) is 36.4 Å². The van der Waals surface area contributed by atoms with E-state index >= 15 is 0 Å². The van der Waals surface area contributed by atoms with Crippen molar-refractivity contribution in [3.05, 3.63) is 65.8 Å². The SMILES string of the molecule is Cc1cncc(C2=CC3CCC(C2)N3Cc2ccccc2)n1. The fourth-order valence-electron chi connectivity index (χ4n) is 3.77. The summed E-state index contributed by atoms with van der Waals surface area (Å²) in [4.78, 5) is 11.6. The van der Waals surface area contributed by atoms with E-state index in [1.807, 2.05) is 19.3 Å². The van der Waals surface area contributed by atoms with Crippen LogP contribution in [0.25, 0.3) is 5.57 Å². The third-order valence-corrected chi connectivity index (χ3v) is 4.83. The van der Waals surface area contributed by atoms with Crippen LogP contribution in [0.1, 0.15) is 36.2 Å². The minimum Gasteiger partial charge on any atom is -0.289 e. The summed E-state index contributed by atoms with van der Waals surface area (Å²) in [6.07, 6.45) is 9.81. The molecule has 2 atom stereocenters. The minimum absolute atomic E-state index is 0.552. The van der Waals surface area contributed by atoms with Crippen molar-refractivity contribution in [2.45, 2.75) is 44.8 Å². The van der Waals surface area contributed by atoms with Crippen LogP contribution in [0.2, 0.25) is 0 Å². The maximum Gasteiger partial charge on any atom is 0.0846 e. The van der Waals surface area contributed by atoms with Crippen LogP contribution in [-0.4, -0.2) is 27.0 Å². The van der Waals surface area contributed by atoms with Gasteiger partial charge < -0.3 is 0 Å². The van der Waals surface area contributed by atoms with Crippen molar-refractivity contribution >= 4 is 5.57 Å². The average Bonchev–Trinajstić information content (AvgIpc) is 2.78. The van der Waals surface area contributed by atoms with E-state index in [1.165, 1.54) is 24.0 Å². The van der Waals surface area contributed by atoms with E-state index < -0.39 is 0 Å². The predicted molar refractivity (Wildman–Crippen MR) is 88.2 cm³/mol. The zero-order chi connectivity index (χ0) is 14.9. The van der Waals surface area contributed by atoms with E-state index in [0.29, 0.717) is 12.1 Å². The lowest BCUT2D eigenvalue weighted by Gasteiger charge is -2.33. The molecule has 0 aliphatic carbocycles. The van der Waals surface area contributed by atoms with Crippen LogP contribution in [0.15, 0.2) is 48.8 Å². The highest BCUT2D eigenvalue weighted by atomic mass is 15.2. The largest absolute Gasteiger partial charge is 0.289 e. The van der Waals surface area contributed by atoms with Gasteiger partial charge in [-0.25, -0.2) is 0 Å². The second-order valence-electron chi connectivity index (χ2n) is 6.40. The van der Waals surface area contributed by atoms with Crippen molar-refractivity contribution in [1.29, 1.82) is 0 Å². The fourth-order valence-corrected chi connectivity index (χ4v) is 3.77. The molecule has 2 aliphatic rings. The van der Waals surface area contributed by atoms with Crippen molar-refractivity contribution in [3.63, 3.8) is 0 Å². The summed E-state index contributed by atoms with van der Waals surface area (Å²) in [5, 5.41) is 0. The molecule has 2 bridgehead atoms. The van der Waals surface area contributed by atoms with Gasteiger partial charge in [0.1, 0.15) is 0 Å². The van der Waals surface area contributed by atoms with Gasteiger partial charge in [0, 0.05) is 24.8 Å². The van der Waals surface area contributed by atoms with Crippen LogP contribution < -0.4 is 0 Å². The van der Waals surface area contributed by atoms with Gasteiger partial charge in [-0.15, -0.1) is 0 Å². The molecule has 0 amide bonds. The molecule has 0 radical (unpaired) electrons. The molecule has 4 rings (SSSR count). The topological polar surface area (TPSA) is 29.0 Å². The Kier molecular flexibility index (Phi) is 3.51. The van der Waals surface area contributed by atoms with Crippen molar-refractivity contribution < 1.29 is 0 Å². The molecule has 22 heavy (non-hydrogen) atoms. The maximum absolute atomic E-state index is 4.65. The molecular weight excluding hydrogens is 270 g/mol. The molecule has 1 fully saturated rings. The van der Waals surface area contributed by atoms with Crippen molar-refractivity contribution in [3.8, 4) is 0 Å². The van der Waals surface area contributed by atoms with E-state index in [9.17, 15) is 0 Å². The summed E-state index contributed by atoms with van der Waals surface area (Å²) in [5.74, 6) is 0. The summed E-state index contributed by atoms with van der Waals surface area (Å²) < 4.78 is 0. The van der Waals surface area contributed by atoms with E-state index in [-0.39, 0.29) is 0 Å². The molecule has 112 valence electrons. The molecule has 1 aromatic heterocycles. The summed E-state index contributed by atoms with van der Waals surface area (Å²) in [7, 11) is 0. The number of nitrogens with zero attached hydrogens (tertiary/aromatic N) is 3. The molecule has 2 aliphatic heterocycles. The first-order valence-corrected chi connectivity index (χ1v) is 8.09. The monoisotopic (exact) mass is 291 g/mol. The summed E-state index contributed by atoms with van der Waals surface area (Å²) >= 11 is 0. The van der Waals surface area contributed by atoms with Crippen LogP contribution in [0.3, 0.4) is 0 Å². The number of hydrogen-bond donors (Lipinski definition) is 0. The molecule has 2 unspecified atom stereocenters. The number of hydrogen-bond acceptors (Lipinski definition) is 3. The Balaban J connectivity index is 1.57. The van der Waals surface area contributed by atoms with Gasteiger partial charge in [0.25, 0.3) is 0 Å². The van der Waals surface area contributed by atoms with Gasteiger partial charge in [-0.05, 0) is 37.3 Å². The number of aromatic nitrogens is 2. The fraction of sp³-hybridized carbons (Fsp3) is 0.368. The lowest BCUT2D eigenvalue weighted by Crippen LogP contribution is -2.37. The normalized spacial score (nSPS) is 24.3. The lowest BCUT2D eigenvalue weighted by atomic mass is 9.98. The Morgan fingerprint density at radius 3 is 2.77 bits per heavy atom. The summed E-state index contributed by atoms with van der Waals surface area (Å²) in [6.45, 7) is 3.07. The molecule has 2 aromatic rings. The molecule has 3 nitrogen and oxygen atoms in total. The highest BCUT2D eigenvalue weighted by molar-refractivity contribution is 5.64. The molecule has 1 aromatic carbocycles. The van der Waals surface area contributed by atoms with Crippen LogP contribution >= 0.6 is 0 Å². The van der Waals surface area contributed by atoms with E-state index in [0.717, 1.165) is 24.4 Å². The highest BCUT2D eigenvalue weighted by Gasteiger charge is 2.36. The molecule has 1 saturated heterocycles. The van der Waals surface area contributed by atoms with Crippen LogP contribution in [0.5, 0.6) is 0 Å². The molecular formula is C19H21N3. The number of rotatable bonds is 3. The van der Waals surface area contributed by atoms with Crippen LogP contribution in [0, 0.1) is 6.92 Å². The third-order valence-electron chi connectivity index (χ3n) is 4.83. The van der Waals surface area contributed by atoms with Gasteiger partial charge >= 0.3 is 0 Å². The lowest BCUT2D eigenvalue weighted by molar-refractivity contribution is 0.203. The molecule has 3 heterocycles. The Morgan fingerprint density at radius 2 is 2.00 bits per heavy atom. The van der Waals surface area contributed by atoms with Gasteiger partial charge in [0.05, 0.1) is 17.6 Å². The molecule has 0 saturated carbocycles. The highest BCUT2D eigenvalue weighted by Crippen LogP contribution is 2.38. The van der Waals surface area contributed by atoms with Crippen molar-refractivity contribution in [2.24, 2.45) is 0 Å². The standard InChI is InChI=1S/C19H21N3/c1-14-11-20-12-19(21-14)16-9-17-7-8-18(10-16)22(17)13-15-5-3-2-4-6-15/h2-6,9,11-12,17-18H,7-8,10,13H2,1H3. The van der Waals surface area contributed by atoms with Crippen molar-refractivity contribution in [2.75, 3.05) is 0 Å². The summed E-state index contributed by atoms with van der Waals surface area (Å²) in [5.41, 5.74) is 4.85. The van der Waals surface area contributed by atoms with Crippen LogP contribution in [0.4, 0.5) is 0 Å². The minimum atomic E-state index is 0.552. The van der Waals surface area contributed by atoms with E-state index in [1.54, 1.807) is 0 Å². The smallest absolute Gasteiger partial charge is 0.0846 e. The van der Waals surface area contributed by atoms with Gasteiger partial charge in [0.2, 0.25) is 0 Å². The molecule has 0 N–H and O–H groups in total. The predicted octanol–water partition coefficient (Wildman–Crippen LogP) is 3.61. The average molecular weight is 291 g/mol. The maximum atomic E-state index is 4.65. The molecule has 0 spiro atoms.